The van der Waals surface area contributed by atoms with Crippen molar-refractivity contribution in [3.63, 3.8) is 0 Å². The van der Waals surface area contributed by atoms with Crippen LogP contribution in [0.15, 0.2) is 97.8 Å². The second-order valence-corrected chi connectivity index (χ2v) is 8.41. The maximum atomic E-state index is 6.16. The van der Waals surface area contributed by atoms with Gasteiger partial charge >= 0.3 is 0 Å². The molecular weight excluding hydrogens is 444 g/mol. The molecule has 6 nitrogen and oxygen atoms in total. The van der Waals surface area contributed by atoms with Crippen molar-refractivity contribution in [2.75, 3.05) is 0 Å². The van der Waals surface area contributed by atoms with Crippen molar-refractivity contribution < 1.29 is 0 Å². The molecule has 0 aliphatic carbocycles. The van der Waals surface area contributed by atoms with E-state index in [1.54, 1.807) is 18.6 Å². The second kappa shape index (κ2) is 8.24. The number of aromatic nitrogens is 6. The highest BCUT2D eigenvalue weighted by molar-refractivity contribution is 6.31. The molecule has 0 saturated heterocycles. The van der Waals surface area contributed by atoms with Gasteiger partial charge in [0.05, 0.1) is 28.3 Å². The Bertz CT molecular complexity index is 1620. The van der Waals surface area contributed by atoms with Gasteiger partial charge in [0.15, 0.2) is 0 Å². The molecule has 0 saturated carbocycles. The number of benzene rings is 1. The van der Waals surface area contributed by atoms with Gasteiger partial charge in [-0.2, -0.15) is 0 Å². The quantitative estimate of drug-likeness (QED) is 0.308. The zero-order valence-electron chi connectivity index (χ0n) is 18.3. The number of aryl methyl sites for hydroxylation is 1. The molecule has 0 fully saturated rings. The van der Waals surface area contributed by atoms with Gasteiger partial charge in [-0.3, -0.25) is 14.5 Å². The van der Waals surface area contributed by atoms with E-state index in [0.29, 0.717) is 5.02 Å². The lowest BCUT2D eigenvalue weighted by atomic mass is 10.0. The van der Waals surface area contributed by atoms with Gasteiger partial charge in [-0.15, -0.1) is 0 Å². The molecule has 1 aromatic carbocycles. The van der Waals surface area contributed by atoms with Gasteiger partial charge in [-0.25, -0.2) is 9.97 Å². The van der Waals surface area contributed by atoms with Gasteiger partial charge in [0.1, 0.15) is 11.5 Å². The number of fused-ring (bicyclic) bond motifs is 1. The molecule has 0 radical (unpaired) electrons. The van der Waals surface area contributed by atoms with Gasteiger partial charge in [0, 0.05) is 53.2 Å². The molecule has 0 amide bonds. The molecule has 0 spiro atoms. The lowest BCUT2D eigenvalue weighted by Crippen LogP contribution is -2.01. The standard InChI is InChI=1S/C27H19ClN6/c1-18-5-7-22(17-31-18)33-13-11-30-26(33)19-6-8-25(23(15-19)24-4-2-3-10-29-24)34-12-9-20-14-21(28)16-32-27(20)34/h2-17H,1H3. The van der Waals surface area contributed by atoms with Gasteiger partial charge in [0.2, 0.25) is 0 Å². The fourth-order valence-electron chi connectivity index (χ4n) is 4.13. The van der Waals surface area contributed by atoms with E-state index < -0.39 is 0 Å². The normalized spacial score (nSPS) is 11.2. The van der Waals surface area contributed by atoms with Crippen LogP contribution in [0.25, 0.3) is 45.1 Å². The summed E-state index contributed by atoms with van der Waals surface area (Å²) >= 11 is 6.16. The first kappa shape index (κ1) is 20.3. The SMILES string of the molecule is Cc1ccc(-n2ccnc2-c2ccc(-n3ccc4cc(Cl)cnc43)c(-c3ccccn3)c2)cn1. The third-order valence-electron chi connectivity index (χ3n) is 5.76. The van der Waals surface area contributed by atoms with E-state index in [4.69, 9.17) is 11.6 Å². The van der Waals surface area contributed by atoms with E-state index >= 15 is 0 Å². The molecule has 5 heterocycles. The van der Waals surface area contributed by atoms with Gasteiger partial charge < -0.3 is 4.57 Å². The van der Waals surface area contributed by atoms with Crippen LogP contribution in [0, 0.1) is 6.92 Å². The molecule has 5 aromatic heterocycles. The van der Waals surface area contributed by atoms with Crippen LogP contribution in [0.3, 0.4) is 0 Å². The Labute approximate surface area is 201 Å². The molecule has 6 aromatic rings. The van der Waals surface area contributed by atoms with Crippen molar-refractivity contribution in [3.05, 3.63) is 109 Å². The van der Waals surface area contributed by atoms with Crippen molar-refractivity contribution in [2.45, 2.75) is 6.92 Å². The van der Waals surface area contributed by atoms with Crippen molar-refractivity contribution in [1.82, 2.24) is 29.1 Å². The number of nitrogens with zero attached hydrogens (tertiary/aromatic N) is 6. The molecule has 7 heteroatoms. The highest BCUT2D eigenvalue weighted by Gasteiger charge is 2.16. The zero-order valence-corrected chi connectivity index (χ0v) is 19.1. The molecule has 0 aliphatic heterocycles. The van der Waals surface area contributed by atoms with Gasteiger partial charge in [-0.05, 0) is 61.5 Å². The minimum Gasteiger partial charge on any atom is -0.301 e. The maximum absolute atomic E-state index is 6.16. The number of hydrogen-bond acceptors (Lipinski definition) is 4. The van der Waals surface area contributed by atoms with E-state index in [9.17, 15) is 0 Å². The first-order valence-corrected chi connectivity index (χ1v) is 11.2. The summed E-state index contributed by atoms with van der Waals surface area (Å²) in [5.41, 5.74) is 6.56. The van der Waals surface area contributed by atoms with Crippen LogP contribution in [0.1, 0.15) is 5.69 Å². The van der Waals surface area contributed by atoms with E-state index in [-0.39, 0.29) is 0 Å². The monoisotopic (exact) mass is 462 g/mol. The van der Waals surface area contributed by atoms with E-state index in [1.165, 1.54) is 0 Å². The summed E-state index contributed by atoms with van der Waals surface area (Å²) in [6.07, 6.45) is 11.1. The molecule has 0 atom stereocenters. The van der Waals surface area contributed by atoms with Gasteiger partial charge in [0.25, 0.3) is 0 Å². The Balaban J connectivity index is 1.54. The van der Waals surface area contributed by atoms with E-state index in [0.717, 1.165) is 50.7 Å². The number of imidazole rings is 1. The van der Waals surface area contributed by atoms with Crippen LogP contribution < -0.4 is 0 Å². The smallest absolute Gasteiger partial charge is 0.144 e. The number of halogens is 1. The summed E-state index contributed by atoms with van der Waals surface area (Å²) in [6, 6.07) is 20.2. The van der Waals surface area contributed by atoms with Crippen molar-refractivity contribution in [3.8, 4) is 34.0 Å². The number of hydrogen-bond donors (Lipinski definition) is 0. The predicted molar refractivity (Wildman–Crippen MR) is 134 cm³/mol. The average molecular weight is 463 g/mol. The molecule has 0 aliphatic rings. The Hall–Kier alpha value is -4.29. The molecular formula is C27H19ClN6. The van der Waals surface area contributed by atoms with Crippen LogP contribution in [-0.4, -0.2) is 29.1 Å². The Morgan fingerprint density at radius 2 is 1.71 bits per heavy atom. The molecule has 34 heavy (non-hydrogen) atoms. The van der Waals surface area contributed by atoms with Crippen LogP contribution in [0.2, 0.25) is 5.02 Å². The van der Waals surface area contributed by atoms with Crippen LogP contribution in [0.4, 0.5) is 0 Å². The predicted octanol–water partition coefficient (Wildman–Crippen LogP) is 6.30. The Kier molecular flexibility index (Phi) is 4.93. The summed E-state index contributed by atoms with van der Waals surface area (Å²) in [5, 5.41) is 1.59. The maximum Gasteiger partial charge on any atom is 0.144 e. The average Bonchev–Trinajstić information content (AvgIpc) is 3.52. The molecule has 0 bridgehead atoms. The van der Waals surface area contributed by atoms with Crippen molar-refractivity contribution in [1.29, 1.82) is 0 Å². The third-order valence-corrected chi connectivity index (χ3v) is 5.97. The van der Waals surface area contributed by atoms with Crippen LogP contribution in [-0.2, 0) is 0 Å². The topological polar surface area (TPSA) is 61.4 Å². The van der Waals surface area contributed by atoms with E-state index in [1.807, 2.05) is 72.5 Å². The first-order valence-electron chi connectivity index (χ1n) is 10.8. The summed E-state index contributed by atoms with van der Waals surface area (Å²) in [6.45, 7) is 1.98. The Morgan fingerprint density at radius 3 is 2.53 bits per heavy atom. The highest BCUT2D eigenvalue weighted by atomic mass is 35.5. The first-order chi connectivity index (χ1) is 16.7. The van der Waals surface area contributed by atoms with Crippen LogP contribution in [0.5, 0.6) is 0 Å². The summed E-state index contributed by atoms with van der Waals surface area (Å²) in [5.74, 6) is 0.830. The fourth-order valence-corrected chi connectivity index (χ4v) is 4.30. The fraction of sp³-hybridized carbons (Fsp3) is 0.0370. The van der Waals surface area contributed by atoms with E-state index in [2.05, 4.69) is 42.7 Å². The summed E-state index contributed by atoms with van der Waals surface area (Å²) < 4.78 is 4.11. The second-order valence-electron chi connectivity index (χ2n) is 7.98. The minimum atomic E-state index is 0.614. The summed E-state index contributed by atoms with van der Waals surface area (Å²) in [7, 11) is 0. The van der Waals surface area contributed by atoms with Crippen molar-refractivity contribution in [2.24, 2.45) is 0 Å². The summed E-state index contributed by atoms with van der Waals surface area (Å²) in [4.78, 5) is 18.3. The number of rotatable bonds is 4. The minimum absolute atomic E-state index is 0.614. The Morgan fingerprint density at radius 1 is 0.765 bits per heavy atom. The number of pyridine rings is 3. The molecule has 0 unspecified atom stereocenters. The zero-order chi connectivity index (χ0) is 23.1. The van der Waals surface area contributed by atoms with Gasteiger partial charge in [-0.1, -0.05) is 17.7 Å². The van der Waals surface area contributed by atoms with Crippen molar-refractivity contribution >= 4 is 22.6 Å². The molecule has 164 valence electrons. The highest BCUT2D eigenvalue weighted by Crippen LogP contribution is 2.33. The molecule has 6 rings (SSSR count). The lowest BCUT2D eigenvalue weighted by Gasteiger charge is -2.14. The molecule has 0 N–H and O–H groups in total. The largest absolute Gasteiger partial charge is 0.301 e. The van der Waals surface area contributed by atoms with Crippen LogP contribution >= 0.6 is 11.6 Å². The lowest BCUT2D eigenvalue weighted by molar-refractivity contribution is 1.03. The third kappa shape index (κ3) is 3.54.